The Morgan fingerprint density at radius 2 is 1.93 bits per heavy atom. The fraction of sp³-hybridized carbons (Fsp3) is 0.455. The molecule has 1 heterocycles. The lowest BCUT2D eigenvalue weighted by molar-refractivity contribution is -0.250. The van der Waals surface area contributed by atoms with Crippen LogP contribution in [0.3, 0.4) is 0 Å². The highest BCUT2D eigenvalue weighted by molar-refractivity contribution is 5.33. The highest BCUT2D eigenvalue weighted by Gasteiger charge is 2.38. The Morgan fingerprint density at radius 1 is 1.20 bits per heavy atom. The minimum absolute atomic E-state index is 0.0148. The topological polar surface area (TPSA) is 3.24 Å². The third-order valence-corrected chi connectivity index (χ3v) is 2.73. The van der Waals surface area contributed by atoms with Crippen molar-refractivity contribution in [1.29, 1.82) is 0 Å². The monoisotopic (exact) mass is 215 g/mol. The summed E-state index contributed by atoms with van der Waals surface area (Å²) in [5.41, 5.74) is 2.95. The maximum Gasteiger partial charge on any atom is 0.460 e. The summed E-state index contributed by atoms with van der Waals surface area (Å²) in [6.07, 6.45) is -3.72. The standard InChI is InChI=1S/C11H12F3N/c1-8-2-3-10-7-15(11(12,13)14)5-4-9(10)6-8/h2-3,6H,4-5,7H2,1H3. The Hall–Kier alpha value is -1.03. The van der Waals surface area contributed by atoms with E-state index in [9.17, 15) is 13.2 Å². The van der Waals surface area contributed by atoms with Crippen molar-refractivity contribution in [3.63, 3.8) is 0 Å². The number of nitrogens with zero attached hydrogens (tertiary/aromatic N) is 1. The van der Waals surface area contributed by atoms with E-state index in [1.165, 1.54) is 0 Å². The summed E-state index contributed by atoms with van der Waals surface area (Å²) in [4.78, 5) is 0.560. The number of benzene rings is 1. The average Bonchev–Trinajstić information content (AvgIpc) is 2.15. The van der Waals surface area contributed by atoms with Gasteiger partial charge in [0.15, 0.2) is 0 Å². The molecule has 0 saturated heterocycles. The van der Waals surface area contributed by atoms with E-state index in [1.54, 1.807) is 6.07 Å². The van der Waals surface area contributed by atoms with Gasteiger partial charge in [0, 0.05) is 13.1 Å². The van der Waals surface area contributed by atoms with Crippen molar-refractivity contribution in [2.24, 2.45) is 0 Å². The molecule has 1 aromatic rings. The largest absolute Gasteiger partial charge is 0.460 e. The Labute approximate surface area is 86.5 Å². The normalized spacial score (nSPS) is 17.6. The van der Waals surface area contributed by atoms with E-state index in [-0.39, 0.29) is 13.1 Å². The number of rotatable bonds is 0. The summed E-state index contributed by atoms with van der Waals surface area (Å²) < 4.78 is 37.3. The molecule has 0 bridgehead atoms. The summed E-state index contributed by atoms with van der Waals surface area (Å²) in [7, 11) is 0. The first-order valence-electron chi connectivity index (χ1n) is 4.87. The molecule has 4 heteroatoms. The molecule has 15 heavy (non-hydrogen) atoms. The first kappa shape index (κ1) is 10.5. The second-order valence-electron chi connectivity index (χ2n) is 3.91. The van der Waals surface area contributed by atoms with E-state index < -0.39 is 6.30 Å². The second-order valence-corrected chi connectivity index (χ2v) is 3.91. The van der Waals surface area contributed by atoms with E-state index in [1.807, 2.05) is 19.1 Å². The number of aryl methyl sites for hydroxylation is 1. The number of halogens is 3. The van der Waals surface area contributed by atoms with E-state index in [2.05, 4.69) is 0 Å². The van der Waals surface area contributed by atoms with Gasteiger partial charge in [0.05, 0.1) is 0 Å². The van der Waals surface area contributed by atoms with Crippen LogP contribution in [0.2, 0.25) is 0 Å². The van der Waals surface area contributed by atoms with Gasteiger partial charge in [-0.25, -0.2) is 4.90 Å². The third kappa shape index (κ3) is 2.15. The summed E-state index contributed by atoms with van der Waals surface area (Å²) >= 11 is 0. The highest BCUT2D eigenvalue weighted by atomic mass is 19.4. The lowest BCUT2D eigenvalue weighted by Crippen LogP contribution is -2.41. The highest BCUT2D eigenvalue weighted by Crippen LogP contribution is 2.28. The Balaban J connectivity index is 2.24. The van der Waals surface area contributed by atoms with E-state index in [4.69, 9.17) is 0 Å². The van der Waals surface area contributed by atoms with Crippen LogP contribution in [0.25, 0.3) is 0 Å². The van der Waals surface area contributed by atoms with Gasteiger partial charge in [0.25, 0.3) is 0 Å². The lowest BCUT2D eigenvalue weighted by Gasteiger charge is -2.30. The minimum Gasteiger partial charge on any atom is -0.210 e. The van der Waals surface area contributed by atoms with Gasteiger partial charge in [0.2, 0.25) is 0 Å². The third-order valence-electron chi connectivity index (χ3n) is 2.73. The van der Waals surface area contributed by atoms with Gasteiger partial charge < -0.3 is 0 Å². The molecule has 0 N–H and O–H groups in total. The molecule has 0 aromatic heterocycles. The van der Waals surface area contributed by atoms with Gasteiger partial charge >= 0.3 is 6.30 Å². The van der Waals surface area contributed by atoms with Gasteiger partial charge in [-0.2, -0.15) is 13.2 Å². The van der Waals surface area contributed by atoms with Crippen LogP contribution in [0, 0.1) is 6.92 Å². The quantitative estimate of drug-likeness (QED) is 0.601. The SMILES string of the molecule is Cc1ccc2c(c1)CCN(C(F)(F)F)C2. The Morgan fingerprint density at radius 3 is 2.60 bits per heavy atom. The van der Waals surface area contributed by atoms with Crippen LogP contribution >= 0.6 is 0 Å². The van der Waals surface area contributed by atoms with Crippen LogP contribution < -0.4 is 0 Å². The number of hydrogen-bond donors (Lipinski definition) is 0. The van der Waals surface area contributed by atoms with Crippen LogP contribution in [-0.2, 0) is 13.0 Å². The summed E-state index contributed by atoms with van der Waals surface area (Å²) in [5.74, 6) is 0. The fourth-order valence-corrected chi connectivity index (χ4v) is 1.90. The Bertz CT molecular complexity index is 371. The first-order chi connectivity index (χ1) is 6.97. The van der Waals surface area contributed by atoms with E-state index >= 15 is 0 Å². The number of fused-ring (bicyclic) bond motifs is 1. The van der Waals surface area contributed by atoms with Crippen LogP contribution in [0.15, 0.2) is 18.2 Å². The van der Waals surface area contributed by atoms with Gasteiger partial charge in [-0.3, -0.25) is 0 Å². The number of alkyl halides is 3. The molecule has 0 aliphatic carbocycles. The van der Waals surface area contributed by atoms with Gasteiger partial charge in [-0.05, 0) is 24.5 Å². The molecule has 0 atom stereocenters. The Kier molecular flexibility index (Phi) is 2.46. The maximum absolute atomic E-state index is 12.4. The molecule has 1 aliphatic rings. The van der Waals surface area contributed by atoms with Crippen molar-refractivity contribution in [1.82, 2.24) is 4.90 Å². The predicted molar refractivity (Wildman–Crippen MR) is 51.3 cm³/mol. The van der Waals surface area contributed by atoms with Gasteiger partial charge in [0.1, 0.15) is 0 Å². The fourth-order valence-electron chi connectivity index (χ4n) is 1.90. The summed E-state index contributed by atoms with van der Waals surface area (Å²) in [6.45, 7) is 2.01. The zero-order chi connectivity index (χ0) is 11.1. The zero-order valence-corrected chi connectivity index (χ0v) is 8.43. The smallest absolute Gasteiger partial charge is 0.210 e. The summed E-state index contributed by atoms with van der Waals surface area (Å²) in [5, 5.41) is 0. The van der Waals surface area contributed by atoms with Crippen molar-refractivity contribution in [3.05, 3.63) is 34.9 Å². The number of hydrogen-bond acceptors (Lipinski definition) is 1. The predicted octanol–water partition coefficient (Wildman–Crippen LogP) is 2.87. The van der Waals surface area contributed by atoms with Crippen LogP contribution in [-0.4, -0.2) is 17.7 Å². The molecule has 0 saturated carbocycles. The van der Waals surface area contributed by atoms with Crippen LogP contribution in [0.5, 0.6) is 0 Å². The molecule has 0 amide bonds. The molecule has 0 fully saturated rings. The van der Waals surface area contributed by atoms with Crippen molar-refractivity contribution >= 4 is 0 Å². The average molecular weight is 215 g/mol. The molecule has 1 aromatic carbocycles. The van der Waals surface area contributed by atoms with Crippen LogP contribution in [0.1, 0.15) is 16.7 Å². The van der Waals surface area contributed by atoms with Crippen molar-refractivity contribution < 1.29 is 13.2 Å². The molecule has 1 nitrogen and oxygen atoms in total. The van der Waals surface area contributed by atoms with Crippen LogP contribution in [0.4, 0.5) is 13.2 Å². The van der Waals surface area contributed by atoms with Crippen molar-refractivity contribution in [2.75, 3.05) is 6.54 Å². The maximum atomic E-state index is 12.4. The summed E-state index contributed by atoms with van der Waals surface area (Å²) in [6, 6.07) is 5.63. The molecular weight excluding hydrogens is 203 g/mol. The molecule has 2 rings (SSSR count). The molecule has 82 valence electrons. The van der Waals surface area contributed by atoms with Gasteiger partial charge in [-0.15, -0.1) is 0 Å². The minimum atomic E-state index is -4.21. The van der Waals surface area contributed by atoms with Crippen molar-refractivity contribution in [3.8, 4) is 0 Å². The van der Waals surface area contributed by atoms with E-state index in [0.717, 1.165) is 16.7 Å². The molecule has 0 radical (unpaired) electrons. The molecule has 0 spiro atoms. The van der Waals surface area contributed by atoms with Gasteiger partial charge in [-0.1, -0.05) is 23.8 Å². The zero-order valence-electron chi connectivity index (χ0n) is 8.43. The first-order valence-corrected chi connectivity index (χ1v) is 4.87. The van der Waals surface area contributed by atoms with E-state index in [0.29, 0.717) is 11.3 Å². The molecular formula is C11H12F3N. The molecule has 0 unspecified atom stereocenters. The lowest BCUT2D eigenvalue weighted by atomic mass is 9.98. The van der Waals surface area contributed by atoms with Crippen molar-refractivity contribution in [2.45, 2.75) is 26.2 Å². The molecule has 1 aliphatic heterocycles. The second kappa shape index (κ2) is 3.52.